The van der Waals surface area contributed by atoms with Gasteiger partial charge in [-0.2, -0.15) is 0 Å². The van der Waals surface area contributed by atoms with Crippen LogP contribution in [0.2, 0.25) is 0 Å². The number of para-hydroxylation sites is 1. The Morgan fingerprint density at radius 1 is 1.18 bits per heavy atom. The van der Waals surface area contributed by atoms with Crippen LogP contribution in [0.15, 0.2) is 47.1 Å². The van der Waals surface area contributed by atoms with Crippen LogP contribution in [0.3, 0.4) is 0 Å². The normalized spacial score (nSPS) is 10.8. The smallest absolute Gasteiger partial charge is 0.150 e. The van der Waals surface area contributed by atoms with Gasteiger partial charge in [0.1, 0.15) is 4.99 Å². The first kappa shape index (κ1) is 10.1. The zero-order valence-electron chi connectivity index (χ0n) is 8.94. The minimum Gasteiger partial charge on any atom is -0.463 e. The van der Waals surface area contributed by atoms with Crippen molar-refractivity contribution in [2.45, 2.75) is 0 Å². The molecule has 3 rings (SSSR count). The molecule has 0 fully saturated rings. The first-order valence-corrected chi connectivity index (χ1v) is 5.62. The summed E-state index contributed by atoms with van der Waals surface area (Å²) in [6, 6.07) is 11.6. The molecule has 1 aromatic carbocycles. The van der Waals surface area contributed by atoms with Crippen LogP contribution < -0.4 is 5.73 Å². The number of fused-ring (bicyclic) bond motifs is 1. The summed E-state index contributed by atoms with van der Waals surface area (Å²) in [5, 5.41) is 1.02. The first-order valence-electron chi connectivity index (χ1n) is 5.22. The topological polar surface area (TPSA) is 54.9 Å². The predicted molar refractivity (Wildman–Crippen MR) is 71.9 cm³/mol. The van der Waals surface area contributed by atoms with Crippen molar-refractivity contribution in [3.63, 3.8) is 0 Å². The summed E-state index contributed by atoms with van der Waals surface area (Å²) in [6.45, 7) is 0. The number of H-pyrrole nitrogens is 1. The van der Waals surface area contributed by atoms with Gasteiger partial charge in [0, 0.05) is 16.5 Å². The van der Waals surface area contributed by atoms with Crippen LogP contribution in [0.5, 0.6) is 0 Å². The van der Waals surface area contributed by atoms with Crippen LogP contribution in [0.1, 0.15) is 5.56 Å². The minimum atomic E-state index is 0.369. The van der Waals surface area contributed by atoms with Gasteiger partial charge in [-0.3, -0.25) is 0 Å². The van der Waals surface area contributed by atoms with Gasteiger partial charge >= 0.3 is 0 Å². The molecule has 2 aromatic heterocycles. The van der Waals surface area contributed by atoms with Crippen LogP contribution in [0, 0.1) is 0 Å². The molecule has 17 heavy (non-hydrogen) atoms. The second-order valence-electron chi connectivity index (χ2n) is 3.76. The average molecular weight is 242 g/mol. The molecular formula is C13H10N2OS. The number of aromatic nitrogens is 1. The van der Waals surface area contributed by atoms with E-state index in [0.29, 0.717) is 4.99 Å². The highest BCUT2D eigenvalue weighted by molar-refractivity contribution is 7.80. The van der Waals surface area contributed by atoms with Crippen molar-refractivity contribution in [1.29, 1.82) is 0 Å². The van der Waals surface area contributed by atoms with Gasteiger partial charge in [-0.25, -0.2) is 0 Å². The summed E-state index contributed by atoms with van der Waals surface area (Å²) in [7, 11) is 0. The van der Waals surface area contributed by atoms with E-state index in [1.54, 1.807) is 6.26 Å². The van der Waals surface area contributed by atoms with Crippen LogP contribution in [0.25, 0.3) is 22.4 Å². The van der Waals surface area contributed by atoms with Gasteiger partial charge in [0.25, 0.3) is 0 Å². The highest BCUT2D eigenvalue weighted by atomic mass is 32.1. The molecule has 0 saturated heterocycles. The molecular weight excluding hydrogens is 232 g/mol. The Bertz CT molecular complexity index is 683. The number of aromatic amines is 1. The van der Waals surface area contributed by atoms with E-state index in [0.717, 1.165) is 27.9 Å². The first-order chi connectivity index (χ1) is 8.27. The van der Waals surface area contributed by atoms with E-state index in [1.165, 1.54) is 0 Å². The lowest BCUT2D eigenvalue weighted by Gasteiger charge is -1.99. The Balaban J connectivity index is 2.38. The quantitative estimate of drug-likeness (QED) is 0.679. The second-order valence-corrected chi connectivity index (χ2v) is 4.20. The van der Waals surface area contributed by atoms with Crippen molar-refractivity contribution in [1.82, 2.24) is 4.98 Å². The molecule has 0 saturated carbocycles. The molecule has 3 nitrogen and oxygen atoms in total. The molecule has 0 aliphatic rings. The molecule has 0 aliphatic heterocycles. The summed E-state index contributed by atoms with van der Waals surface area (Å²) in [5.41, 5.74) is 8.48. The van der Waals surface area contributed by atoms with Gasteiger partial charge in [0.05, 0.1) is 12.0 Å². The van der Waals surface area contributed by atoms with Gasteiger partial charge in [0.15, 0.2) is 5.76 Å². The van der Waals surface area contributed by atoms with Gasteiger partial charge in [-0.15, -0.1) is 0 Å². The summed E-state index contributed by atoms with van der Waals surface area (Å²) in [4.78, 5) is 3.66. The standard InChI is InChI=1S/C13H10N2OS/c14-13(17)11-8-4-1-2-5-9(8)15-12(11)10-6-3-7-16-10/h1-7,15H,(H2,14,17). The molecule has 0 amide bonds. The fourth-order valence-corrected chi connectivity index (χ4v) is 2.22. The summed E-state index contributed by atoms with van der Waals surface area (Å²) >= 11 is 5.12. The van der Waals surface area contributed by atoms with Crippen molar-refractivity contribution >= 4 is 28.1 Å². The molecule has 0 radical (unpaired) electrons. The lowest BCUT2D eigenvalue weighted by molar-refractivity contribution is 0.580. The highest BCUT2D eigenvalue weighted by Gasteiger charge is 2.16. The highest BCUT2D eigenvalue weighted by Crippen LogP contribution is 2.30. The maximum absolute atomic E-state index is 5.80. The van der Waals surface area contributed by atoms with E-state index in [2.05, 4.69) is 4.98 Å². The van der Waals surface area contributed by atoms with Crippen molar-refractivity contribution in [3.8, 4) is 11.5 Å². The van der Waals surface area contributed by atoms with Gasteiger partial charge in [-0.05, 0) is 18.2 Å². The van der Waals surface area contributed by atoms with Gasteiger partial charge < -0.3 is 15.1 Å². The number of hydrogen-bond donors (Lipinski definition) is 2. The molecule has 0 atom stereocenters. The van der Waals surface area contributed by atoms with Crippen LogP contribution in [0.4, 0.5) is 0 Å². The molecule has 4 heteroatoms. The molecule has 3 aromatic rings. The van der Waals surface area contributed by atoms with Crippen LogP contribution >= 0.6 is 12.2 Å². The molecule has 0 aliphatic carbocycles. The maximum atomic E-state index is 5.80. The Kier molecular flexibility index (Phi) is 2.23. The molecule has 0 bridgehead atoms. The number of nitrogens with two attached hydrogens (primary N) is 1. The summed E-state index contributed by atoms with van der Waals surface area (Å²) in [5.74, 6) is 0.740. The van der Waals surface area contributed by atoms with Crippen LogP contribution in [-0.4, -0.2) is 9.97 Å². The largest absolute Gasteiger partial charge is 0.463 e. The number of benzene rings is 1. The van der Waals surface area contributed by atoms with Crippen molar-refractivity contribution in [2.24, 2.45) is 5.73 Å². The zero-order chi connectivity index (χ0) is 11.8. The number of rotatable bonds is 2. The van der Waals surface area contributed by atoms with Crippen molar-refractivity contribution in [2.75, 3.05) is 0 Å². The fraction of sp³-hybridized carbons (Fsp3) is 0. The zero-order valence-corrected chi connectivity index (χ0v) is 9.75. The Labute approximate surface area is 103 Å². The van der Waals surface area contributed by atoms with Gasteiger partial charge in [-0.1, -0.05) is 30.4 Å². The number of hydrogen-bond acceptors (Lipinski definition) is 2. The number of thiocarbonyl (C=S) groups is 1. The minimum absolute atomic E-state index is 0.369. The number of nitrogens with one attached hydrogen (secondary N) is 1. The van der Waals surface area contributed by atoms with E-state index < -0.39 is 0 Å². The molecule has 0 spiro atoms. The Morgan fingerprint density at radius 3 is 2.71 bits per heavy atom. The third-order valence-corrected chi connectivity index (χ3v) is 2.92. The SMILES string of the molecule is NC(=S)c1c(-c2ccco2)[nH]c2ccccc12. The fourth-order valence-electron chi connectivity index (χ4n) is 2.00. The lowest BCUT2D eigenvalue weighted by Crippen LogP contribution is -2.09. The van der Waals surface area contributed by atoms with E-state index in [9.17, 15) is 0 Å². The van der Waals surface area contributed by atoms with E-state index in [1.807, 2.05) is 36.4 Å². The molecule has 84 valence electrons. The summed E-state index contributed by atoms with van der Waals surface area (Å²) in [6.07, 6.45) is 1.63. The van der Waals surface area contributed by atoms with E-state index in [4.69, 9.17) is 22.4 Å². The van der Waals surface area contributed by atoms with E-state index in [-0.39, 0.29) is 0 Å². The third kappa shape index (κ3) is 1.54. The van der Waals surface area contributed by atoms with Crippen molar-refractivity contribution in [3.05, 3.63) is 48.2 Å². The monoisotopic (exact) mass is 242 g/mol. The third-order valence-electron chi connectivity index (χ3n) is 2.72. The van der Waals surface area contributed by atoms with E-state index >= 15 is 0 Å². The molecule has 2 heterocycles. The predicted octanol–water partition coefficient (Wildman–Crippen LogP) is 3.06. The molecule has 3 N–H and O–H groups in total. The molecule has 0 unspecified atom stereocenters. The Morgan fingerprint density at radius 2 is 2.00 bits per heavy atom. The number of furan rings is 1. The second kappa shape index (κ2) is 3.75. The van der Waals surface area contributed by atoms with Crippen LogP contribution in [-0.2, 0) is 0 Å². The Hall–Kier alpha value is -2.07. The lowest BCUT2D eigenvalue weighted by atomic mass is 10.1. The van der Waals surface area contributed by atoms with Gasteiger partial charge in [0.2, 0.25) is 0 Å². The maximum Gasteiger partial charge on any atom is 0.150 e. The average Bonchev–Trinajstić information content (AvgIpc) is 2.95. The van der Waals surface area contributed by atoms with Crippen molar-refractivity contribution < 1.29 is 4.42 Å². The summed E-state index contributed by atoms with van der Waals surface area (Å²) < 4.78 is 5.39.